The fourth-order valence-electron chi connectivity index (χ4n) is 4.05. The van der Waals surface area contributed by atoms with Crippen LogP contribution in [0.15, 0.2) is 71.6 Å². The zero-order valence-electron chi connectivity index (χ0n) is 23.5. The summed E-state index contributed by atoms with van der Waals surface area (Å²) in [7, 11) is -4.18. The number of aryl methyl sites for hydroxylation is 2. The third kappa shape index (κ3) is 7.99. The van der Waals surface area contributed by atoms with Crippen LogP contribution < -0.4 is 9.62 Å². The summed E-state index contributed by atoms with van der Waals surface area (Å²) in [6, 6.07) is 17.3. The van der Waals surface area contributed by atoms with Crippen LogP contribution in [0.4, 0.5) is 5.69 Å². The van der Waals surface area contributed by atoms with Gasteiger partial charge in [-0.05, 0) is 89.1 Å². The predicted molar refractivity (Wildman–Crippen MR) is 161 cm³/mol. The molecule has 0 spiro atoms. The highest BCUT2D eigenvalue weighted by Crippen LogP contribution is 2.30. The molecule has 0 saturated heterocycles. The van der Waals surface area contributed by atoms with E-state index in [-0.39, 0.29) is 23.0 Å². The number of carbonyl (C=O) groups is 2. The zero-order chi connectivity index (χ0) is 29.8. The molecule has 0 bridgehead atoms. The molecule has 3 aromatic carbocycles. The van der Waals surface area contributed by atoms with Crippen molar-refractivity contribution in [2.24, 2.45) is 0 Å². The van der Waals surface area contributed by atoms with E-state index in [9.17, 15) is 18.0 Å². The van der Waals surface area contributed by atoms with Gasteiger partial charge in [-0.25, -0.2) is 8.42 Å². The molecule has 40 heavy (non-hydrogen) atoms. The van der Waals surface area contributed by atoms with Gasteiger partial charge >= 0.3 is 0 Å². The van der Waals surface area contributed by atoms with Crippen molar-refractivity contribution in [1.29, 1.82) is 0 Å². The Kier molecular flexibility index (Phi) is 9.93. The van der Waals surface area contributed by atoms with Crippen molar-refractivity contribution in [2.45, 2.75) is 64.6 Å². The first-order valence-corrected chi connectivity index (χ1v) is 15.0. The Morgan fingerprint density at radius 2 is 1.48 bits per heavy atom. The van der Waals surface area contributed by atoms with Crippen LogP contribution in [0, 0.1) is 13.8 Å². The average molecular weight is 605 g/mol. The molecule has 2 amide bonds. The third-order valence-corrected chi connectivity index (χ3v) is 8.52. The number of hydrogen-bond donors (Lipinski definition) is 1. The predicted octanol–water partition coefficient (Wildman–Crippen LogP) is 6.14. The topological polar surface area (TPSA) is 86.8 Å². The van der Waals surface area contributed by atoms with E-state index in [0.29, 0.717) is 15.6 Å². The van der Waals surface area contributed by atoms with Crippen molar-refractivity contribution < 1.29 is 18.0 Å². The van der Waals surface area contributed by atoms with Gasteiger partial charge in [0.25, 0.3) is 10.0 Å². The Hall–Kier alpha value is -3.07. The summed E-state index contributed by atoms with van der Waals surface area (Å²) in [5, 5.41) is 3.77. The van der Waals surface area contributed by atoms with Gasteiger partial charge in [0.05, 0.1) is 10.6 Å². The molecule has 7 nitrogen and oxygen atoms in total. The third-order valence-electron chi connectivity index (χ3n) is 6.26. The standard InChI is InChI=1S/C30H35Cl2N3O4S/c1-20-7-15-26(16-8-20)40(38,39)35(27-17-25(32)12-9-21(27)2)19-28(36)34(18-23-10-13-24(31)14-11-23)22(3)29(37)33-30(4,5)6/h7-17,22H,18-19H2,1-6H3,(H,33,37)/t22-/m0/s1. The number of halogens is 2. The van der Waals surface area contributed by atoms with Crippen LogP contribution in [0.2, 0.25) is 10.0 Å². The number of nitrogens with one attached hydrogen (secondary N) is 1. The molecule has 0 radical (unpaired) electrons. The van der Waals surface area contributed by atoms with Crippen LogP contribution in [0.3, 0.4) is 0 Å². The fourth-order valence-corrected chi connectivity index (χ4v) is 5.81. The van der Waals surface area contributed by atoms with Crippen LogP contribution in [0.5, 0.6) is 0 Å². The van der Waals surface area contributed by atoms with Crippen LogP contribution in [-0.2, 0) is 26.2 Å². The van der Waals surface area contributed by atoms with Gasteiger partial charge in [0, 0.05) is 22.1 Å². The summed E-state index contributed by atoms with van der Waals surface area (Å²) < 4.78 is 29.0. The molecule has 1 atom stereocenters. The largest absolute Gasteiger partial charge is 0.350 e. The molecule has 0 unspecified atom stereocenters. The smallest absolute Gasteiger partial charge is 0.264 e. The van der Waals surface area contributed by atoms with Gasteiger partial charge in [-0.3, -0.25) is 13.9 Å². The second-order valence-corrected chi connectivity index (χ2v) is 13.6. The molecule has 0 aliphatic carbocycles. The van der Waals surface area contributed by atoms with Gasteiger partial charge in [0.2, 0.25) is 11.8 Å². The van der Waals surface area contributed by atoms with Crippen molar-refractivity contribution in [2.75, 3.05) is 10.8 Å². The molecule has 0 fully saturated rings. The second-order valence-electron chi connectivity index (χ2n) is 10.8. The molecule has 1 N–H and O–H groups in total. The Morgan fingerprint density at radius 1 is 0.900 bits per heavy atom. The molecule has 0 aromatic heterocycles. The summed E-state index contributed by atoms with van der Waals surface area (Å²) in [6.45, 7) is 10.3. The lowest BCUT2D eigenvalue weighted by Crippen LogP contribution is -2.54. The molecule has 214 valence electrons. The van der Waals surface area contributed by atoms with Gasteiger partial charge in [-0.15, -0.1) is 0 Å². The van der Waals surface area contributed by atoms with Gasteiger partial charge in [0.1, 0.15) is 12.6 Å². The second kappa shape index (κ2) is 12.6. The zero-order valence-corrected chi connectivity index (χ0v) is 25.9. The minimum Gasteiger partial charge on any atom is -0.350 e. The molecule has 3 rings (SSSR count). The number of nitrogens with zero attached hydrogens (tertiary/aromatic N) is 2. The molecule has 10 heteroatoms. The van der Waals surface area contributed by atoms with Crippen molar-refractivity contribution in [3.63, 3.8) is 0 Å². The Labute approximate surface area is 247 Å². The maximum Gasteiger partial charge on any atom is 0.264 e. The van der Waals surface area contributed by atoms with E-state index < -0.39 is 34.1 Å². The van der Waals surface area contributed by atoms with E-state index in [2.05, 4.69) is 5.32 Å². The highest BCUT2D eigenvalue weighted by atomic mass is 35.5. The maximum atomic E-state index is 14.0. The summed E-state index contributed by atoms with van der Waals surface area (Å²) in [4.78, 5) is 28.6. The van der Waals surface area contributed by atoms with Crippen LogP contribution in [0.25, 0.3) is 0 Å². The van der Waals surface area contributed by atoms with Crippen molar-refractivity contribution in [1.82, 2.24) is 10.2 Å². The molecule has 0 aliphatic rings. The minimum absolute atomic E-state index is 0.0352. The molecule has 0 heterocycles. The first-order chi connectivity index (χ1) is 18.6. The van der Waals surface area contributed by atoms with E-state index in [1.165, 1.54) is 23.1 Å². The number of carbonyl (C=O) groups excluding carboxylic acids is 2. The fraction of sp³-hybridized carbons (Fsp3) is 0.333. The number of anilines is 1. The lowest BCUT2D eigenvalue weighted by Gasteiger charge is -2.34. The van der Waals surface area contributed by atoms with Gasteiger partial charge in [0.15, 0.2) is 0 Å². The average Bonchev–Trinajstić information content (AvgIpc) is 2.87. The van der Waals surface area contributed by atoms with Crippen LogP contribution in [0.1, 0.15) is 44.4 Å². The van der Waals surface area contributed by atoms with Crippen molar-refractivity contribution in [3.05, 3.63) is 93.5 Å². The lowest BCUT2D eigenvalue weighted by atomic mass is 10.1. The Bertz CT molecular complexity index is 1470. The monoisotopic (exact) mass is 603 g/mol. The quantitative estimate of drug-likeness (QED) is 0.318. The Morgan fingerprint density at radius 3 is 2.05 bits per heavy atom. The SMILES string of the molecule is Cc1ccc(S(=O)(=O)N(CC(=O)N(Cc2ccc(Cl)cc2)[C@@H](C)C(=O)NC(C)(C)C)c2cc(Cl)ccc2C)cc1. The maximum absolute atomic E-state index is 14.0. The highest BCUT2D eigenvalue weighted by Gasteiger charge is 2.34. The number of amides is 2. The number of hydrogen-bond acceptors (Lipinski definition) is 4. The van der Waals surface area contributed by atoms with E-state index in [4.69, 9.17) is 23.2 Å². The van der Waals surface area contributed by atoms with Gasteiger partial charge in [-0.1, -0.05) is 59.1 Å². The van der Waals surface area contributed by atoms with Crippen molar-refractivity contribution >= 4 is 50.7 Å². The number of benzene rings is 3. The van der Waals surface area contributed by atoms with Gasteiger partial charge < -0.3 is 10.2 Å². The molecular formula is C30H35Cl2N3O4S. The summed E-state index contributed by atoms with van der Waals surface area (Å²) in [6.07, 6.45) is 0. The minimum atomic E-state index is -4.18. The number of rotatable bonds is 9. The highest BCUT2D eigenvalue weighted by molar-refractivity contribution is 7.92. The van der Waals surface area contributed by atoms with E-state index in [0.717, 1.165) is 15.4 Å². The van der Waals surface area contributed by atoms with E-state index in [1.807, 2.05) is 27.7 Å². The first-order valence-electron chi connectivity index (χ1n) is 12.8. The first kappa shape index (κ1) is 31.5. The van der Waals surface area contributed by atoms with Crippen molar-refractivity contribution in [3.8, 4) is 0 Å². The van der Waals surface area contributed by atoms with Crippen LogP contribution >= 0.6 is 23.2 Å². The number of sulfonamides is 1. The van der Waals surface area contributed by atoms with E-state index in [1.54, 1.807) is 62.4 Å². The summed E-state index contributed by atoms with van der Waals surface area (Å²) >= 11 is 12.3. The van der Waals surface area contributed by atoms with Gasteiger partial charge in [-0.2, -0.15) is 0 Å². The molecule has 3 aromatic rings. The van der Waals surface area contributed by atoms with E-state index >= 15 is 0 Å². The molecule has 0 saturated carbocycles. The normalized spacial score (nSPS) is 12.5. The summed E-state index contributed by atoms with van der Waals surface area (Å²) in [5.41, 5.74) is 2.00. The van der Waals surface area contributed by atoms with Crippen LogP contribution in [-0.4, -0.2) is 43.3 Å². The summed E-state index contributed by atoms with van der Waals surface area (Å²) in [5.74, 6) is -0.914. The molecule has 0 aliphatic heterocycles. The Balaban J connectivity index is 2.08. The molecular weight excluding hydrogens is 569 g/mol. The lowest BCUT2D eigenvalue weighted by molar-refractivity contribution is -0.140.